The molecule has 2 aliphatic heterocycles. The van der Waals surface area contributed by atoms with Crippen LogP contribution in [0.3, 0.4) is 0 Å². The summed E-state index contributed by atoms with van der Waals surface area (Å²) in [5, 5.41) is 0. The summed E-state index contributed by atoms with van der Waals surface area (Å²) < 4.78 is 18.2. The van der Waals surface area contributed by atoms with E-state index in [2.05, 4.69) is 9.80 Å². The van der Waals surface area contributed by atoms with E-state index < -0.39 is 0 Å². The number of piperidine rings is 2. The van der Waals surface area contributed by atoms with Crippen molar-refractivity contribution in [3.8, 4) is 0 Å². The summed E-state index contributed by atoms with van der Waals surface area (Å²) in [5.41, 5.74) is 1.19. The normalized spacial score (nSPS) is 20.5. The van der Waals surface area contributed by atoms with Crippen LogP contribution < -0.4 is 0 Å². The zero-order valence-corrected chi connectivity index (χ0v) is 15.8. The van der Waals surface area contributed by atoms with Gasteiger partial charge in [0.2, 0.25) is 5.91 Å². The van der Waals surface area contributed by atoms with Crippen molar-refractivity contribution in [3.05, 3.63) is 35.6 Å². The largest absolute Gasteiger partial charge is 0.383 e. The maximum Gasteiger partial charge on any atom is 0.225 e. The standard InChI is InChI=1S/C21H31FN2O2/c1-26-15-14-23-10-8-19(9-11-23)21(25)24-12-6-18(7-13-24)16-17-2-4-20(22)5-3-17/h2-5,18-19H,6-16H2,1H3. The van der Waals surface area contributed by atoms with Crippen molar-refractivity contribution in [3.63, 3.8) is 0 Å². The van der Waals surface area contributed by atoms with Gasteiger partial charge in [-0.3, -0.25) is 4.79 Å². The SMILES string of the molecule is COCCN1CCC(C(=O)N2CCC(Cc3ccc(F)cc3)CC2)CC1. The third-order valence-corrected chi connectivity index (χ3v) is 5.91. The fraction of sp³-hybridized carbons (Fsp3) is 0.667. The van der Waals surface area contributed by atoms with Crippen LogP contribution in [0.5, 0.6) is 0 Å². The van der Waals surface area contributed by atoms with E-state index in [0.29, 0.717) is 11.8 Å². The van der Waals surface area contributed by atoms with E-state index >= 15 is 0 Å². The molecular weight excluding hydrogens is 331 g/mol. The average Bonchev–Trinajstić information content (AvgIpc) is 2.68. The van der Waals surface area contributed by atoms with Gasteiger partial charge >= 0.3 is 0 Å². The van der Waals surface area contributed by atoms with Gasteiger partial charge < -0.3 is 14.5 Å². The molecule has 0 saturated carbocycles. The lowest BCUT2D eigenvalue weighted by Crippen LogP contribution is -2.46. The molecule has 2 heterocycles. The molecule has 0 aliphatic carbocycles. The maximum absolute atomic E-state index is 13.0. The summed E-state index contributed by atoms with van der Waals surface area (Å²) in [6, 6.07) is 6.83. The number of likely N-dealkylation sites (tertiary alicyclic amines) is 2. The maximum atomic E-state index is 13.0. The minimum absolute atomic E-state index is 0.178. The van der Waals surface area contributed by atoms with E-state index in [4.69, 9.17) is 4.74 Å². The third-order valence-electron chi connectivity index (χ3n) is 5.91. The second-order valence-corrected chi connectivity index (χ2v) is 7.71. The summed E-state index contributed by atoms with van der Waals surface area (Å²) >= 11 is 0. The van der Waals surface area contributed by atoms with Gasteiger partial charge in [0.1, 0.15) is 5.82 Å². The zero-order chi connectivity index (χ0) is 18.4. The number of nitrogens with zero attached hydrogens (tertiary/aromatic N) is 2. The predicted molar refractivity (Wildman–Crippen MR) is 100 cm³/mol. The highest BCUT2D eigenvalue weighted by atomic mass is 19.1. The molecule has 0 unspecified atom stereocenters. The van der Waals surface area contributed by atoms with Crippen LogP contribution in [0, 0.1) is 17.7 Å². The van der Waals surface area contributed by atoms with E-state index in [1.54, 1.807) is 7.11 Å². The van der Waals surface area contributed by atoms with Gasteiger partial charge in [0.05, 0.1) is 6.61 Å². The first kappa shape index (κ1) is 19.3. The van der Waals surface area contributed by atoms with Crippen LogP contribution in [0.2, 0.25) is 0 Å². The molecule has 2 aliphatic rings. The number of hydrogen-bond acceptors (Lipinski definition) is 3. The predicted octanol–water partition coefficient (Wildman–Crippen LogP) is 2.97. The van der Waals surface area contributed by atoms with E-state index in [1.807, 2.05) is 12.1 Å². The number of ether oxygens (including phenoxy) is 1. The van der Waals surface area contributed by atoms with Crippen molar-refractivity contribution in [2.75, 3.05) is 46.4 Å². The second kappa shape index (κ2) is 9.47. The first-order chi connectivity index (χ1) is 12.7. The van der Waals surface area contributed by atoms with Gasteiger partial charge in [0, 0.05) is 32.7 Å². The molecule has 144 valence electrons. The molecule has 1 aromatic carbocycles. The van der Waals surface area contributed by atoms with Crippen molar-refractivity contribution in [1.82, 2.24) is 9.80 Å². The first-order valence-corrected chi connectivity index (χ1v) is 9.90. The monoisotopic (exact) mass is 362 g/mol. The highest BCUT2D eigenvalue weighted by Crippen LogP contribution is 2.25. The van der Waals surface area contributed by atoms with Gasteiger partial charge in [0.15, 0.2) is 0 Å². The number of carbonyl (C=O) groups is 1. The van der Waals surface area contributed by atoms with E-state index in [1.165, 1.54) is 17.7 Å². The Bertz CT molecular complexity index is 562. The zero-order valence-electron chi connectivity index (χ0n) is 15.8. The van der Waals surface area contributed by atoms with Crippen LogP contribution >= 0.6 is 0 Å². The summed E-state index contributed by atoms with van der Waals surface area (Å²) in [6.45, 7) is 5.47. The molecule has 1 aromatic rings. The number of benzene rings is 1. The molecule has 3 rings (SSSR count). The van der Waals surface area contributed by atoms with E-state index in [-0.39, 0.29) is 11.7 Å². The number of carbonyl (C=O) groups excluding carboxylic acids is 1. The van der Waals surface area contributed by atoms with Crippen LogP contribution in [0.1, 0.15) is 31.2 Å². The Labute approximate surface area is 156 Å². The molecule has 5 heteroatoms. The number of halogens is 1. The van der Waals surface area contributed by atoms with Gasteiger partial charge in [-0.25, -0.2) is 4.39 Å². The van der Waals surface area contributed by atoms with Gasteiger partial charge in [-0.15, -0.1) is 0 Å². The van der Waals surface area contributed by atoms with Crippen LogP contribution in [-0.4, -0.2) is 62.1 Å². The number of rotatable bonds is 6. The molecule has 0 bridgehead atoms. The molecule has 26 heavy (non-hydrogen) atoms. The third kappa shape index (κ3) is 5.27. The summed E-state index contributed by atoms with van der Waals surface area (Å²) in [5.74, 6) is 0.974. The molecule has 0 N–H and O–H groups in total. The molecule has 2 fully saturated rings. The quantitative estimate of drug-likeness (QED) is 0.780. The molecule has 0 radical (unpaired) electrons. The summed E-state index contributed by atoms with van der Waals surface area (Å²) in [6.07, 6.45) is 5.03. The fourth-order valence-electron chi connectivity index (χ4n) is 4.19. The topological polar surface area (TPSA) is 32.8 Å². The Morgan fingerprint density at radius 1 is 1.08 bits per heavy atom. The van der Waals surface area contributed by atoms with Gasteiger partial charge in [-0.05, 0) is 68.8 Å². The number of methoxy groups -OCH3 is 1. The Kier molecular flexibility index (Phi) is 7.03. The smallest absolute Gasteiger partial charge is 0.225 e. The van der Waals surface area contributed by atoms with Crippen LogP contribution in [0.25, 0.3) is 0 Å². The van der Waals surface area contributed by atoms with Gasteiger partial charge in [-0.1, -0.05) is 12.1 Å². The van der Waals surface area contributed by atoms with Crippen molar-refractivity contribution in [2.24, 2.45) is 11.8 Å². The van der Waals surface area contributed by atoms with Crippen LogP contribution in [0.4, 0.5) is 4.39 Å². The molecule has 0 spiro atoms. The van der Waals surface area contributed by atoms with Crippen molar-refractivity contribution in [2.45, 2.75) is 32.1 Å². The van der Waals surface area contributed by atoms with Crippen molar-refractivity contribution in [1.29, 1.82) is 0 Å². The molecule has 4 nitrogen and oxygen atoms in total. The summed E-state index contributed by atoms with van der Waals surface area (Å²) in [4.78, 5) is 17.3. The van der Waals surface area contributed by atoms with Gasteiger partial charge in [0.25, 0.3) is 0 Å². The lowest BCUT2D eigenvalue weighted by Gasteiger charge is -2.37. The molecular formula is C21H31FN2O2. The molecule has 2 saturated heterocycles. The lowest BCUT2D eigenvalue weighted by atomic mass is 9.88. The van der Waals surface area contributed by atoms with Gasteiger partial charge in [-0.2, -0.15) is 0 Å². The highest BCUT2D eigenvalue weighted by Gasteiger charge is 2.30. The molecule has 1 amide bonds. The minimum atomic E-state index is -0.178. The van der Waals surface area contributed by atoms with Crippen molar-refractivity contribution >= 4 is 5.91 Å². The van der Waals surface area contributed by atoms with E-state index in [9.17, 15) is 9.18 Å². The Morgan fingerprint density at radius 3 is 2.35 bits per heavy atom. The van der Waals surface area contributed by atoms with E-state index in [0.717, 1.165) is 71.4 Å². The Hall–Kier alpha value is -1.46. The van der Waals surface area contributed by atoms with Crippen LogP contribution in [-0.2, 0) is 16.0 Å². The average molecular weight is 362 g/mol. The Morgan fingerprint density at radius 2 is 1.73 bits per heavy atom. The minimum Gasteiger partial charge on any atom is -0.383 e. The number of amides is 1. The molecule has 0 atom stereocenters. The Balaban J connectivity index is 1.40. The number of hydrogen-bond donors (Lipinski definition) is 0. The fourth-order valence-corrected chi connectivity index (χ4v) is 4.19. The first-order valence-electron chi connectivity index (χ1n) is 9.90. The van der Waals surface area contributed by atoms with Crippen LogP contribution in [0.15, 0.2) is 24.3 Å². The lowest BCUT2D eigenvalue weighted by molar-refractivity contribution is -0.138. The summed E-state index contributed by atoms with van der Waals surface area (Å²) in [7, 11) is 1.73. The highest BCUT2D eigenvalue weighted by molar-refractivity contribution is 5.79. The molecule has 0 aromatic heterocycles. The second-order valence-electron chi connectivity index (χ2n) is 7.71. The van der Waals surface area contributed by atoms with Crippen molar-refractivity contribution < 1.29 is 13.9 Å².